The third kappa shape index (κ3) is 4.44. The Kier molecular flexibility index (Phi) is 5.53. The van der Waals surface area contributed by atoms with Crippen LogP contribution in [0.1, 0.15) is 5.56 Å². The van der Waals surface area contributed by atoms with Gasteiger partial charge in [-0.25, -0.2) is 9.97 Å². The molecule has 4 aromatic rings. The number of carbonyl (C=O) groups is 1. The smallest absolute Gasteiger partial charge is 0.242 e. The highest BCUT2D eigenvalue weighted by Gasteiger charge is 2.12. The zero-order chi connectivity index (χ0) is 20.1. The number of hydrogen-bond donors (Lipinski definition) is 3. The number of aromatic nitrogens is 3. The summed E-state index contributed by atoms with van der Waals surface area (Å²) >= 11 is 1.40. The van der Waals surface area contributed by atoms with Crippen molar-refractivity contribution in [2.24, 2.45) is 0 Å². The highest BCUT2D eigenvalue weighted by Crippen LogP contribution is 2.35. The fourth-order valence-electron chi connectivity index (χ4n) is 2.78. The summed E-state index contributed by atoms with van der Waals surface area (Å²) < 4.78 is 0. The fraction of sp³-hybridized carbons (Fsp3) is 0.0476. The van der Waals surface area contributed by atoms with Gasteiger partial charge in [-0.1, -0.05) is 60.3 Å². The van der Waals surface area contributed by atoms with Gasteiger partial charge in [0.1, 0.15) is 17.0 Å². The summed E-state index contributed by atoms with van der Waals surface area (Å²) in [4.78, 5) is 26.0. The quantitative estimate of drug-likeness (QED) is 0.335. The van der Waals surface area contributed by atoms with E-state index in [9.17, 15) is 4.79 Å². The van der Waals surface area contributed by atoms with Gasteiger partial charge < -0.3 is 5.73 Å². The molecule has 0 radical (unpaired) electrons. The lowest BCUT2D eigenvalue weighted by molar-refractivity contribution is -0.119. The monoisotopic (exact) mass is 402 g/mol. The lowest BCUT2D eigenvalue weighted by Gasteiger charge is -2.12. The van der Waals surface area contributed by atoms with Gasteiger partial charge >= 0.3 is 0 Å². The van der Waals surface area contributed by atoms with E-state index in [0.29, 0.717) is 16.5 Å². The van der Waals surface area contributed by atoms with Crippen molar-refractivity contribution in [3.8, 4) is 0 Å². The second-order valence-corrected chi connectivity index (χ2v) is 7.24. The van der Waals surface area contributed by atoms with Crippen LogP contribution in [0.25, 0.3) is 10.9 Å². The van der Waals surface area contributed by atoms with Gasteiger partial charge in [0.25, 0.3) is 0 Å². The normalized spacial score (nSPS) is 10.6. The summed E-state index contributed by atoms with van der Waals surface area (Å²) in [6, 6.07) is 19.3. The first kappa shape index (κ1) is 18.7. The van der Waals surface area contributed by atoms with E-state index < -0.39 is 0 Å². The summed E-state index contributed by atoms with van der Waals surface area (Å²) in [5.74, 6) is 0.152. The molecule has 2 aromatic heterocycles. The van der Waals surface area contributed by atoms with Crippen LogP contribution >= 0.6 is 11.8 Å². The first-order chi connectivity index (χ1) is 14.2. The molecule has 2 aromatic carbocycles. The van der Waals surface area contributed by atoms with Gasteiger partial charge in [0.2, 0.25) is 5.91 Å². The van der Waals surface area contributed by atoms with Gasteiger partial charge in [-0.3, -0.25) is 20.6 Å². The number of amides is 1. The number of benzene rings is 2. The first-order valence-corrected chi connectivity index (χ1v) is 9.73. The number of para-hydroxylation sites is 1. The minimum absolute atomic E-state index is 0.193. The predicted molar refractivity (Wildman–Crippen MR) is 114 cm³/mol. The second kappa shape index (κ2) is 8.57. The van der Waals surface area contributed by atoms with Gasteiger partial charge in [0.15, 0.2) is 5.82 Å². The molecule has 0 aliphatic carbocycles. The maximum absolute atomic E-state index is 12.1. The first-order valence-electron chi connectivity index (χ1n) is 8.91. The van der Waals surface area contributed by atoms with Crippen molar-refractivity contribution in [2.75, 3.05) is 11.2 Å². The molecular weight excluding hydrogens is 384 g/mol. The third-order valence-corrected chi connectivity index (χ3v) is 5.25. The topological polar surface area (TPSA) is 106 Å². The molecule has 1 amide bonds. The van der Waals surface area contributed by atoms with Crippen molar-refractivity contribution in [2.45, 2.75) is 16.3 Å². The van der Waals surface area contributed by atoms with E-state index in [0.717, 1.165) is 21.4 Å². The van der Waals surface area contributed by atoms with Crippen molar-refractivity contribution >= 4 is 40.1 Å². The number of rotatable bonds is 6. The molecule has 0 aliphatic heterocycles. The largest absolute Gasteiger partial charge is 0.393 e. The van der Waals surface area contributed by atoms with E-state index in [1.165, 1.54) is 18.1 Å². The minimum Gasteiger partial charge on any atom is -0.393 e. The lowest BCUT2D eigenvalue weighted by atomic mass is 10.1. The maximum Gasteiger partial charge on any atom is 0.242 e. The van der Waals surface area contributed by atoms with Crippen molar-refractivity contribution < 1.29 is 4.79 Å². The van der Waals surface area contributed by atoms with E-state index in [1.807, 2.05) is 60.7 Å². The molecule has 144 valence electrons. The minimum atomic E-state index is -0.193. The van der Waals surface area contributed by atoms with Gasteiger partial charge in [-0.2, -0.15) is 0 Å². The van der Waals surface area contributed by atoms with E-state index in [4.69, 9.17) is 5.73 Å². The molecule has 0 unspecified atom stereocenters. The fourth-order valence-corrected chi connectivity index (χ4v) is 3.71. The predicted octanol–water partition coefficient (Wildman–Crippen LogP) is 3.44. The molecule has 8 heteroatoms. The van der Waals surface area contributed by atoms with Crippen LogP contribution in [0.3, 0.4) is 0 Å². The Morgan fingerprint density at radius 3 is 2.66 bits per heavy atom. The summed E-state index contributed by atoms with van der Waals surface area (Å²) in [6.45, 7) is 0. The number of anilines is 2. The summed E-state index contributed by atoms with van der Waals surface area (Å²) in [6.07, 6.45) is 3.41. The number of fused-ring (bicyclic) bond motifs is 1. The second-order valence-electron chi connectivity index (χ2n) is 6.21. The Balaban J connectivity index is 1.48. The molecule has 0 saturated heterocycles. The van der Waals surface area contributed by atoms with Crippen LogP contribution in [0.15, 0.2) is 83.1 Å². The highest BCUT2D eigenvalue weighted by molar-refractivity contribution is 7.99. The highest BCUT2D eigenvalue weighted by atomic mass is 32.2. The number of pyridine rings is 1. The van der Waals surface area contributed by atoms with Crippen LogP contribution in [0, 0.1) is 0 Å². The summed E-state index contributed by atoms with van der Waals surface area (Å²) in [7, 11) is 0. The molecule has 0 fully saturated rings. The number of hydrogen-bond acceptors (Lipinski definition) is 7. The van der Waals surface area contributed by atoms with Crippen molar-refractivity contribution in [3.63, 3.8) is 0 Å². The van der Waals surface area contributed by atoms with E-state index in [-0.39, 0.29) is 12.3 Å². The van der Waals surface area contributed by atoms with Gasteiger partial charge in [0, 0.05) is 16.5 Å². The van der Waals surface area contributed by atoms with Gasteiger partial charge in [-0.15, -0.1) is 0 Å². The average Bonchev–Trinajstić information content (AvgIpc) is 2.75. The zero-order valence-corrected chi connectivity index (χ0v) is 16.2. The number of carbonyl (C=O) groups excluding carboxylic acids is 1. The Morgan fingerprint density at radius 1 is 0.966 bits per heavy atom. The molecule has 7 nitrogen and oxygen atoms in total. The molecule has 0 aliphatic rings. The Labute approximate surface area is 171 Å². The zero-order valence-electron chi connectivity index (χ0n) is 15.4. The summed E-state index contributed by atoms with van der Waals surface area (Å²) in [5, 5.41) is 1.62. The van der Waals surface area contributed by atoms with Crippen LogP contribution in [-0.4, -0.2) is 20.9 Å². The average molecular weight is 402 g/mol. The van der Waals surface area contributed by atoms with E-state index in [1.54, 1.807) is 6.20 Å². The van der Waals surface area contributed by atoms with E-state index in [2.05, 4.69) is 25.8 Å². The number of hydrazine groups is 1. The molecule has 29 heavy (non-hydrogen) atoms. The molecule has 4 N–H and O–H groups in total. The standard InChI is InChI=1S/C21H18N6OS/c22-18-20(27-26-17(28)12-14-6-2-1-3-7-14)24-13-25-21(18)29-16-10-4-8-15-9-5-11-23-19(15)16/h1-11,13H,12,22H2,(H,26,28)(H,24,25,27). The molecule has 0 spiro atoms. The maximum atomic E-state index is 12.1. The molecule has 0 bridgehead atoms. The SMILES string of the molecule is Nc1c(NNC(=O)Cc2ccccc2)ncnc1Sc1cccc2cccnc12. The Morgan fingerprint density at radius 2 is 1.79 bits per heavy atom. The van der Waals surface area contributed by atoms with Gasteiger partial charge in [0.05, 0.1) is 11.9 Å². The van der Waals surface area contributed by atoms with Crippen LogP contribution in [-0.2, 0) is 11.2 Å². The molecule has 0 atom stereocenters. The van der Waals surface area contributed by atoms with Crippen molar-refractivity contribution in [1.82, 2.24) is 20.4 Å². The molecule has 0 saturated carbocycles. The molecular formula is C21H18N6OS. The Bertz CT molecular complexity index is 1150. The number of nitrogens with two attached hydrogens (primary N) is 1. The number of nitrogen functional groups attached to an aromatic ring is 1. The van der Waals surface area contributed by atoms with Crippen molar-refractivity contribution in [1.29, 1.82) is 0 Å². The van der Waals surface area contributed by atoms with Crippen LogP contribution < -0.4 is 16.6 Å². The van der Waals surface area contributed by atoms with Crippen LogP contribution in [0.5, 0.6) is 0 Å². The lowest BCUT2D eigenvalue weighted by Crippen LogP contribution is -2.31. The number of nitrogens with zero attached hydrogens (tertiary/aromatic N) is 3. The number of nitrogens with one attached hydrogen (secondary N) is 2. The molecule has 4 rings (SSSR count). The summed E-state index contributed by atoms with van der Waals surface area (Å²) in [5.41, 5.74) is 13.8. The van der Waals surface area contributed by atoms with E-state index >= 15 is 0 Å². The van der Waals surface area contributed by atoms with Crippen LogP contribution in [0.2, 0.25) is 0 Å². The Hall–Kier alpha value is -3.65. The van der Waals surface area contributed by atoms with Crippen LogP contribution in [0.4, 0.5) is 11.5 Å². The molecule has 2 heterocycles. The third-order valence-electron chi connectivity index (χ3n) is 4.18. The van der Waals surface area contributed by atoms with Gasteiger partial charge in [-0.05, 0) is 17.7 Å². The van der Waals surface area contributed by atoms with Crippen molar-refractivity contribution in [3.05, 3.63) is 78.8 Å².